The number of hydrogen-bond donors (Lipinski definition) is 0. The second-order valence-electron chi connectivity index (χ2n) is 3.76. The van der Waals surface area contributed by atoms with Crippen molar-refractivity contribution in [2.75, 3.05) is 14.2 Å². The number of pyridine rings is 1. The van der Waals surface area contributed by atoms with Crippen molar-refractivity contribution in [2.24, 2.45) is 5.92 Å². The Hall–Kier alpha value is -1.22. The lowest BCUT2D eigenvalue weighted by atomic mass is 10.1. The van der Waals surface area contributed by atoms with Gasteiger partial charge in [-0.2, -0.15) is 0 Å². The minimum absolute atomic E-state index is 0.528. The summed E-state index contributed by atoms with van der Waals surface area (Å²) in [6.45, 7) is 0. The molecule has 0 spiro atoms. The first-order chi connectivity index (χ1) is 7.77. The Morgan fingerprint density at radius 1 is 1.50 bits per heavy atom. The largest absolute Gasteiger partial charge is 0.504 e. The number of hydrogen-bond acceptors (Lipinski definition) is 3. The van der Waals surface area contributed by atoms with E-state index in [0.29, 0.717) is 16.7 Å². The van der Waals surface area contributed by atoms with E-state index in [1.165, 1.54) is 12.8 Å². The van der Waals surface area contributed by atoms with Crippen LogP contribution in [0.15, 0.2) is 18.5 Å². The molecule has 1 aromatic heterocycles. The fourth-order valence-corrected chi connectivity index (χ4v) is 1.91. The number of methoxy groups -OCH3 is 2. The van der Waals surface area contributed by atoms with Gasteiger partial charge in [0.15, 0.2) is 5.75 Å². The smallest absolute Gasteiger partial charge is 0.163 e. The third-order valence-electron chi connectivity index (χ3n) is 2.60. The lowest BCUT2D eigenvalue weighted by molar-refractivity contribution is 0.338. The second kappa shape index (κ2) is 4.74. The molecule has 0 aromatic carbocycles. The van der Waals surface area contributed by atoms with Crippen LogP contribution >= 0.6 is 11.6 Å². The summed E-state index contributed by atoms with van der Waals surface area (Å²) in [6.07, 6.45) is 5.77. The van der Waals surface area contributed by atoms with Crippen LogP contribution in [-0.4, -0.2) is 19.2 Å². The number of ether oxygens (including phenoxy) is 2. The molecule has 3 nitrogen and oxygen atoms in total. The average molecular weight is 240 g/mol. The Kier molecular flexibility index (Phi) is 3.34. The third kappa shape index (κ3) is 2.14. The fraction of sp³-hybridized carbons (Fsp3) is 0.417. The van der Waals surface area contributed by atoms with Gasteiger partial charge in [0.05, 0.1) is 25.5 Å². The molecular weight excluding hydrogens is 226 g/mol. The quantitative estimate of drug-likeness (QED) is 0.757. The molecule has 0 aliphatic heterocycles. The van der Waals surface area contributed by atoms with Crippen LogP contribution in [0.25, 0.3) is 5.57 Å². The maximum absolute atomic E-state index is 6.07. The summed E-state index contributed by atoms with van der Waals surface area (Å²) in [4.78, 5) is 4.33. The molecular formula is C12H14ClNO2. The van der Waals surface area contributed by atoms with E-state index in [9.17, 15) is 0 Å². The van der Waals surface area contributed by atoms with Gasteiger partial charge in [-0.25, -0.2) is 0 Å². The standard InChI is InChI=1S/C12H14ClNO2/c1-15-7-9(8-3-4-8)11-12(16-2)10(13)5-6-14-11/h5-8H,3-4H2,1-2H3/b9-7+. The zero-order chi connectivity index (χ0) is 11.5. The zero-order valence-electron chi connectivity index (χ0n) is 9.37. The molecule has 1 aliphatic rings. The van der Waals surface area contributed by atoms with E-state index >= 15 is 0 Å². The van der Waals surface area contributed by atoms with Crippen molar-refractivity contribution >= 4 is 17.2 Å². The number of allylic oxidation sites excluding steroid dienone is 1. The van der Waals surface area contributed by atoms with E-state index in [-0.39, 0.29) is 0 Å². The van der Waals surface area contributed by atoms with Crippen LogP contribution in [-0.2, 0) is 4.74 Å². The van der Waals surface area contributed by atoms with Gasteiger partial charge in [-0.3, -0.25) is 4.98 Å². The van der Waals surface area contributed by atoms with Gasteiger partial charge >= 0.3 is 0 Å². The highest BCUT2D eigenvalue weighted by Gasteiger charge is 2.30. The Labute approximate surface area is 100 Å². The van der Waals surface area contributed by atoms with Crippen molar-refractivity contribution in [1.82, 2.24) is 4.98 Å². The van der Waals surface area contributed by atoms with E-state index in [1.54, 1.807) is 32.7 Å². The summed E-state index contributed by atoms with van der Waals surface area (Å²) in [7, 11) is 3.24. The SMILES string of the molecule is CO/C=C(/c1nccc(Cl)c1OC)C1CC1. The van der Waals surface area contributed by atoms with Gasteiger partial charge in [0.2, 0.25) is 0 Å². The first kappa shape index (κ1) is 11.3. The molecule has 0 saturated heterocycles. The van der Waals surface area contributed by atoms with Crippen LogP contribution in [0.2, 0.25) is 5.02 Å². The minimum Gasteiger partial charge on any atom is -0.504 e. The monoisotopic (exact) mass is 239 g/mol. The van der Waals surface area contributed by atoms with Crippen molar-refractivity contribution < 1.29 is 9.47 Å². The molecule has 1 aliphatic carbocycles. The van der Waals surface area contributed by atoms with E-state index in [0.717, 1.165) is 11.3 Å². The van der Waals surface area contributed by atoms with E-state index in [1.807, 2.05) is 0 Å². The number of halogens is 1. The minimum atomic E-state index is 0.528. The lowest BCUT2D eigenvalue weighted by Gasteiger charge is -2.11. The zero-order valence-corrected chi connectivity index (χ0v) is 10.1. The Morgan fingerprint density at radius 2 is 2.25 bits per heavy atom. The van der Waals surface area contributed by atoms with Crippen molar-refractivity contribution in [2.45, 2.75) is 12.8 Å². The van der Waals surface area contributed by atoms with Gasteiger partial charge in [0, 0.05) is 11.8 Å². The van der Waals surface area contributed by atoms with Crippen LogP contribution in [0.3, 0.4) is 0 Å². The molecule has 0 atom stereocenters. The Bertz CT molecular complexity index is 413. The van der Waals surface area contributed by atoms with Gasteiger partial charge in [-0.15, -0.1) is 0 Å². The highest BCUT2D eigenvalue weighted by atomic mass is 35.5. The van der Waals surface area contributed by atoms with Crippen molar-refractivity contribution in [3.05, 3.63) is 29.2 Å². The van der Waals surface area contributed by atoms with E-state index in [2.05, 4.69) is 4.98 Å². The van der Waals surface area contributed by atoms with Crippen molar-refractivity contribution in [3.63, 3.8) is 0 Å². The summed E-state index contributed by atoms with van der Waals surface area (Å²) < 4.78 is 10.4. The maximum atomic E-state index is 6.07. The summed E-state index contributed by atoms with van der Waals surface area (Å²) in [6, 6.07) is 1.72. The Morgan fingerprint density at radius 3 is 2.81 bits per heavy atom. The van der Waals surface area contributed by atoms with E-state index < -0.39 is 0 Å². The van der Waals surface area contributed by atoms with Gasteiger partial charge in [-0.1, -0.05) is 11.6 Å². The molecule has 1 heterocycles. The Balaban J connectivity index is 2.44. The predicted octanol–water partition coefficient (Wildman–Crippen LogP) is 3.14. The van der Waals surface area contributed by atoms with Gasteiger partial charge in [-0.05, 0) is 24.8 Å². The van der Waals surface area contributed by atoms with Gasteiger partial charge in [0.1, 0.15) is 5.69 Å². The summed E-state index contributed by atoms with van der Waals surface area (Å²) in [5.41, 5.74) is 1.86. The molecule has 0 radical (unpaired) electrons. The number of nitrogens with zero attached hydrogens (tertiary/aromatic N) is 1. The summed E-state index contributed by atoms with van der Waals surface area (Å²) >= 11 is 6.07. The molecule has 2 rings (SSSR count). The van der Waals surface area contributed by atoms with Crippen molar-refractivity contribution in [1.29, 1.82) is 0 Å². The molecule has 0 bridgehead atoms. The third-order valence-corrected chi connectivity index (χ3v) is 2.89. The number of rotatable bonds is 4. The van der Waals surface area contributed by atoms with E-state index in [4.69, 9.17) is 21.1 Å². The molecule has 4 heteroatoms. The molecule has 0 unspecified atom stereocenters. The highest BCUT2D eigenvalue weighted by molar-refractivity contribution is 6.32. The highest BCUT2D eigenvalue weighted by Crippen LogP contribution is 2.44. The van der Waals surface area contributed by atoms with Gasteiger partial charge < -0.3 is 9.47 Å². The topological polar surface area (TPSA) is 31.4 Å². The molecule has 86 valence electrons. The molecule has 1 saturated carbocycles. The maximum Gasteiger partial charge on any atom is 0.163 e. The molecule has 0 N–H and O–H groups in total. The fourth-order valence-electron chi connectivity index (χ4n) is 1.69. The molecule has 1 fully saturated rings. The van der Waals surface area contributed by atoms with Crippen LogP contribution in [0.1, 0.15) is 18.5 Å². The second-order valence-corrected chi connectivity index (χ2v) is 4.16. The first-order valence-electron chi connectivity index (χ1n) is 5.19. The van der Waals surface area contributed by atoms with Crippen LogP contribution < -0.4 is 4.74 Å². The predicted molar refractivity (Wildman–Crippen MR) is 63.5 cm³/mol. The van der Waals surface area contributed by atoms with Crippen LogP contribution in [0, 0.1) is 5.92 Å². The molecule has 16 heavy (non-hydrogen) atoms. The van der Waals surface area contributed by atoms with Crippen LogP contribution in [0.5, 0.6) is 5.75 Å². The van der Waals surface area contributed by atoms with Crippen LogP contribution in [0.4, 0.5) is 0 Å². The van der Waals surface area contributed by atoms with Crippen molar-refractivity contribution in [3.8, 4) is 5.75 Å². The number of aromatic nitrogens is 1. The summed E-state index contributed by atoms with van der Waals surface area (Å²) in [5.74, 6) is 1.15. The normalized spacial score (nSPS) is 16.1. The first-order valence-corrected chi connectivity index (χ1v) is 5.57. The summed E-state index contributed by atoms with van der Waals surface area (Å²) in [5, 5.41) is 0.579. The molecule has 0 amide bonds. The lowest BCUT2D eigenvalue weighted by Crippen LogP contribution is -1.98. The average Bonchev–Trinajstić information content (AvgIpc) is 3.09. The van der Waals surface area contributed by atoms with Gasteiger partial charge in [0.25, 0.3) is 0 Å². The molecule has 1 aromatic rings.